The molecule has 1 unspecified atom stereocenters. The van der Waals surface area contributed by atoms with E-state index in [9.17, 15) is 0 Å². The molecule has 0 spiro atoms. The Morgan fingerprint density at radius 3 is 2.21 bits per heavy atom. The molecule has 2 nitrogen and oxygen atoms in total. The Hall–Kier alpha value is -1.02. The van der Waals surface area contributed by atoms with Gasteiger partial charge in [-0.1, -0.05) is 45.9 Å². The number of hydrogen-bond donors (Lipinski definition) is 1. The third-order valence-corrected chi connectivity index (χ3v) is 4.28. The third kappa shape index (κ3) is 2.79. The van der Waals surface area contributed by atoms with E-state index in [-0.39, 0.29) is 0 Å². The van der Waals surface area contributed by atoms with E-state index in [1.165, 1.54) is 29.7 Å². The normalized spacial score (nSPS) is 19.7. The molecule has 1 fully saturated rings. The molecule has 106 valence electrons. The molecule has 0 radical (unpaired) electrons. The molecular formula is C17H28N2. The van der Waals surface area contributed by atoms with E-state index < -0.39 is 0 Å². The molecule has 19 heavy (non-hydrogen) atoms. The summed E-state index contributed by atoms with van der Waals surface area (Å²) in [7, 11) is 0. The predicted octanol–water partition coefficient (Wildman–Crippen LogP) is 3.86. The van der Waals surface area contributed by atoms with Crippen molar-refractivity contribution in [3.8, 4) is 0 Å². The van der Waals surface area contributed by atoms with Crippen LogP contribution in [-0.4, -0.2) is 19.1 Å². The second-order valence-corrected chi connectivity index (χ2v) is 6.32. The van der Waals surface area contributed by atoms with Crippen molar-refractivity contribution in [1.82, 2.24) is 0 Å². The minimum absolute atomic E-state index is 0.525. The molecule has 1 atom stereocenters. The van der Waals surface area contributed by atoms with Crippen LogP contribution < -0.4 is 10.6 Å². The minimum Gasteiger partial charge on any atom is -0.367 e. The zero-order valence-electron chi connectivity index (χ0n) is 12.8. The van der Waals surface area contributed by atoms with Crippen LogP contribution in [0.5, 0.6) is 0 Å². The molecule has 1 heterocycles. The minimum atomic E-state index is 0.525. The molecule has 0 saturated carbocycles. The highest BCUT2D eigenvalue weighted by Crippen LogP contribution is 2.38. The Labute approximate surface area is 118 Å². The third-order valence-electron chi connectivity index (χ3n) is 4.28. The predicted molar refractivity (Wildman–Crippen MR) is 84.0 cm³/mol. The SMILES string of the molecule is CC(C)c1cccc(C(C)C)c1N1CCCC1CN. The lowest BCUT2D eigenvalue weighted by atomic mass is 9.91. The van der Waals surface area contributed by atoms with Gasteiger partial charge < -0.3 is 10.6 Å². The van der Waals surface area contributed by atoms with Gasteiger partial charge in [-0.15, -0.1) is 0 Å². The molecule has 1 saturated heterocycles. The quantitative estimate of drug-likeness (QED) is 0.890. The van der Waals surface area contributed by atoms with Crippen molar-refractivity contribution >= 4 is 5.69 Å². The maximum atomic E-state index is 5.97. The number of anilines is 1. The van der Waals surface area contributed by atoms with Crippen LogP contribution in [0.2, 0.25) is 0 Å². The van der Waals surface area contributed by atoms with Crippen molar-refractivity contribution in [2.24, 2.45) is 5.73 Å². The zero-order valence-corrected chi connectivity index (χ0v) is 12.8. The summed E-state index contributed by atoms with van der Waals surface area (Å²) in [5.41, 5.74) is 10.4. The van der Waals surface area contributed by atoms with Crippen LogP contribution in [0.1, 0.15) is 63.5 Å². The van der Waals surface area contributed by atoms with E-state index in [2.05, 4.69) is 50.8 Å². The summed E-state index contributed by atoms with van der Waals surface area (Å²) in [4.78, 5) is 2.57. The van der Waals surface area contributed by atoms with Gasteiger partial charge in [-0.25, -0.2) is 0 Å². The summed E-state index contributed by atoms with van der Waals surface area (Å²) in [6, 6.07) is 7.31. The molecule has 0 amide bonds. The second-order valence-electron chi connectivity index (χ2n) is 6.32. The summed E-state index contributed by atoms with van der Waals surface area (Å²) in [5, 5.41) is 0. The Kier molecular flexibility index (Phi) is 4.51. The first-order valence-corrected chi connectivity index (χ1v) is 7.65. The van der Waals surface area contributed by atoms with Crippen LogP contribution in [0.15, 0.2) is 18.2 Å². The molecule has 1 aliphatic heterocycles. The molecule has 1 aliphatic rings. The van der Waals surface area contributed by atoms with Gasteiger partial charge in [0.15, 0.2) is 0 Å². The number of benzene rings is 1. The fourth-order valence-electron chi connectivity index (χ4n) is 3.22. The second kappa shape index (κ2) is 5.96. The molecule has 2 heteroatoms. The Morgan fingerprint density at radius 1 is 1.16 bits per heavy atom. The van der Waals surface area contributed by atoms with Gasteiger partial charge in [0.05, 0.1) is 0 Å². The highest BCUT2D eigenvalue weighted by atomic mass is 15.2. The van der Waals surface area contributed by atoms with Crippen LogP contribution in [-0.2, 0) is 0 Å². The van der Waals surface area contributed by atoms with Crippen LogP contribution >= 0.6 is 0 Å². The maximum absolute atomic E-state index is 5.97. The van der Waals surface area contributed by atoms with Gasteiger partial charge in [0.2, 0.25) is 0 Å². The summed E-state index contributed by atoms with van der Waals surface area (Å²) in [5.74, 6) is 1.13. The molecule has 1 aromatic carbocycles. The van der Waals surface area contributed by atoms with E-state index in [0.29, 0.717) is 17.9 Å². The van der Waals surface area contributed by atoms with E-state index in [1.807, 2.05) is 0 Å². The van der Waals surface area contributed by atoms with Crippen LogP contribution in [0.4, 0.5) is 5.69 Å². The van der Waals surface area contributed by atoms with E-state index in [1.54, 1.807) is 0 Å². The fourth-order valence-corrected chi connectivity index (χ4v) is 3.22. The number of rotatable bonds is 4. The lowest BCUT2D eigenvalue weighted by Crippen LogP contribution is -2.36. The van der Waals surface area contributed by atoms with Crippen LogP contribution in [0, 0.1) is 0 Å². The van der Waals surface area contributed by atoms with Gasteiger partial charge in [0.1, 0.15) is 0 Å². The molecule has 0 aromatic heterocycles. The smallest absolute Gasteiger partial charge is 0.0439 e. The topological polar surface area (TPSA) is 29.3 Å². The van der Waals surface area contributed by atoms with Crippen molar-refractivity contribution in [2.75, 3.05) is 18.0 Å². The highest BCUT2D eigenvalue weighted by Gasteiger charge is 2.28. The lowest BCUT2D eigenvalue weighted by Gasteiger charge is -2.32. The van der Waals surface area contributed by atoms with E-state index in [4.69, 9.17) is 5.73 Å². The van der Waals surface area contributed by atoms with Crippen molar-refractivity contribution in [3.05, 3.63) is 29.3 Å². The summed E-state index contributed by atoms with van der Waals surface area (Å²) in [6.07, 6.45) is 2.51. The first-order chi connectivity index (χ1) is 9.06. The lowest BCUT2D eigenvalue weighted by molar-refractivity contribution is 0.666. The van der Waals surface area contributed by atoms with Gasteiger partial charge in [-0.05, 0) is 35.8 Å². The highest BCUT2D eigenvalue weighted by molar-refractivity contribution is 5.63. The molecule has 0 aliphatic carbocycles. The average molecular weight is 260 g/mol. The van der Waals surface area contributed by atoms with Gasteiger partial charge in [-0.2, -0.15) is 0 Å². The largest absolute Gasteiger partial charge is 0.367 e. The van der Waals surface area contributed by atoms with Gasteiger partial charge >= 0.3 is 0 Å². The Morgan fingerprint density at radius 2 is 1.74 bits per heavy atom. The van der Waals surface area contributed by atoms with Crippen molar-refractivity contribution in [2.45, 2.75) is 58.4 Å². The number of nitrogens with zero attached hydrogens (tertiary/aromatic N) is 1. The molecule has 0 bridgehead atoms. The molecule has 2 N–H and O–H groups in total. The molecular weight excluding hydrogens is 232 g/mol. The first-order valence-electron chi connectivity index (χ1n) is 7.65. The number of para-hydroxylation sites is 1. The maximum Gasteiger partial charge on any atom is 0.0439 e. The Bertz CT molecular complexity index is 397. The first kappa shape index (κ1) is 14.4. The fraction of sp³-hybridized carbons (Fsp3) is 0.647. The Balaban J connectivity index is 2.51. The summed E-state index contributed by atoms with van der Waals surface area (Å²) >= 11 is 0. The van der Waals surface area contributed by atoms with Crippen molar-refractivity contribution < 1.29 is 0 Å². The zero-order chi connectivity index (χ0) is 14.0. The van der Waals surface area contributed by atoms with Crippen molar-refractivity contribution in [3.63, 3.8) is 0 Å². The van der Waals surface area contributed by atoms with E-state index >= 15 is 0 Å². The number of nitrogens with two attached hydrogens (primary N) is 1. The van der Waals surface area contributed by atoms with Crippen molar-refractivity contribution in [1.29, 1.82) is 0 Å². The molecule has 1 aromatic rings. The number of hydrogen-bond acceptors (Lipinski definition) is 2. The summed E-state index contributed by atoms with van der Waals surface area (Å²) < 4.78 is 0. The van der Waals surface area contributed by atoms with Gasteiger partial charge in [0, 0.05) is 24.8 Å². The average Bonchev–Trinajstić information content (AvgIpc) is 2.85. The van der Waals surface area contributed by atoms with E-state index in [0.717, 1.165) is 13.1 Å². The standard InChI is InChI=1S/C17H28N2/c1-12(2)15-8-5-9-16(13(3)4)17(15)19-10-6-7-14(19)11-18/h5,8-9,12-14H,6-7,10-11,18H2,1-4H3. The summed E-state index contributed by atoms with van der Waals surface area (Å²) in [6.45, 7) is 11.1. The molecule has 2 rings (SSSR count). The van der Waals surface area contributed by atoms with Gasteiger partial charge in [0.25, 0.3) is 0 Å². The monoisotopic (exact) mass is 260 g/mol. The van der Waals surface area contributed by atoms with Gasteiger partial charge in [-0.3, -0.25) is 0 Å². The van der Waals surface area contributed by atoms with Crippen LogP contribution in [0.3, 0.4) is 0 Å². The van der Waals surface area contributed by atoms with Crippen LogP contribution in [0.25, 0.3) is 0 Å².